The number of hydrogen-bond acceptors (Lipinski definition) is 4. The maximum Gasteiger partial charge on any atom is 0.337 e. The monoisotopic (exact) mass is 252 g/mol. The largest absolute Gasteiger partial charge is 0.465 e. The van der Waals surface area contributed by atoms with Crippen molar-refractivity contribution in [2.24, 2.45) is 0 Å². The van der Waals surface area contributed by atoms with Gasteiger partial charge < -0.3 is 14.2 Å². The van der Waals surface area contributed by atoms with Gasteiger partial charge >= 0.3 is 5.97 Å². The molecular weight excluding hydrogens is 232 g/mol. The fourth-order valence-electron chi connectivity index (χ4n) is 1.43. The number of methoxy groups -OCH3 is 1. The minimum atomic E-state index is -0.327. The van der Waals surface area contributed by atoms with Crippen LogP contribution in [0.3, 0.4) is 0 Å². The molecule has 0 aliphatic carbocycles. The van der Waals surface area contributed by atoms with Crippen LogP contribution in [0.1, 0.15) is 29.8 Å². The summed E-state index contributed by atoms with van der Waals surface area (Å²) < 4.78 is 15.5. The average molecular weight is 252 g/mol. The molecule has 0 amide bonds. The fraction of sp³-hybridized carbons (Fsp3) is 0.500. The van der Waals surface area contributed by atoms with Crippen molar-refractivity contribution in [3.05, 3.63) is 35.4 Å². The lowest BCUT2D eigenvalue weighted by Crippen LogP contribution is -2.15. The van der Waals surface area contributed by atoms with Gasteiger partial charge in [-0.05, 0) is 31.5 Å². The van der Waals surface area contributed by atoms with E-state index in [0.29, 0.717) is 25.4 Å². The topological polar surface area (TPSA) is 44.8 Å². The average Bonchev–Trinajstić information content (AvgIpc) is 2.42. The van der Waals surface area contributed by atoms with Crippen LogP contribution in [0.25, 0.3) is 0 Å². The third-order valence-electron chi connectivity index (χ3n) is 2.47. The summed E-state index contributed by atoms with van der Waals surface area (Å²) >= 11 is 0. The summed E-state index contributed by atoms with van der Waals surface area (Å²) in [5, 5.41) is 0. The third kappa shape index (κ3) is 4.85. The predicted molar refractivity (Wildman–Crippen MR) is 68.5 cm³/mol. The van der Waals surface area contributed by atoms with Gasteiger partial charge in [-0.2, -0.15) is 0 Å². The van der Waals surface area contributed by atoms with Gasteiger partial charge in [0.1, 0.15) is 0 Å². The van der Waals surface area contributed by atoms with Gasteiger partial charge in [0.15, 0.2) is 0 Å². The Kier molecular flexibility index (Phi) is 6.39. The maximum atomic E-state index is 11.2. The predicted octanol–water partition coefficient (Wildman–Crippen LogP) is 2.41. The highest BCUT2D eigenvalue weighted by Gasteiger charge is 2.06. The molecule has 0 aromatic heterocycles. The Morgan fingerprint density at radius 3 is 2.50 bits per heavy atom. The van der Waals surface area contributed by atoms with Crippen LogP contribution in [0.2, 0.25) is 0 Å². The van der Waals surface area contributed by atoms with Gasteiger partial charge in [0.2, 0.25) is 0 Å². The Labute approximate surface area is 108 Å². The molecule has 18 heavy (non-hydrogen) atoms. The highest BCUT2D eigenvalue weighted by atomic mass is 16.5. The van der Waals surface area contributed by atoms with E-state index in [2.05, 4.69) is 4.74 Å². The van der Waals surface area contributed by atoms with Crippen molar-refractivity contribution in [3.63, 3.8) is 0 Å². The van der Waals surface area contributed by atoms with Crippen LogP contribution >= 0.6 is 0 Å². The summed E-state index contributed by atoms with van der Waals surface area (Å²) in [5.74, 6) is -0.327. The number of hydrogen-bond donors (Lipinski definition) is 0. The molecule has 100 valence electrons. The fourth-order valence-corrected chi connectivity index (χ4v) is 1.43. The summed E-state index contributed by atoms with van der Waals surface area (Å²) in [7, 11) is 1.37. The lowest BCUT2D eigenvalue weighted by molar-refractivity contribution is -0.0116. The van der Waals surface area contributed by atoms with Gasteiger partial charge in [0, 0.05) is 6.61 Å². The number of carbonyl (C=O) groups excluding carboxylic acids is 1. The van der Waals surface area contributed by atoms with Crippen LogP contribution in [0.15, 0.2) is 24.3 Å². The normalized spacial score (nSPS) is 12.2. The molecule has 0 spiro atoms. The molecule has 4 nitrogen and oxygen atoms in total. The SMILES string of the molecule is CCOCC(C)OCc1ccc(C(=O)OC)cc1. The smallest absolute Gasteiger partial charge is 0.337 e. The van der Waals surface area contributed by atoms with E-state index in [1.165, 1.54) is 7.11 Å². The number of ether oxygens (including phenoxy) is 3. The molecule has 4 heteroatoms. The highest BCUT2D eigenvalue weighted by Crippen LogP contribution is 2.08. The quantitative estimate of drug-likeness (QED) is 0.699. The van der Waals surface area contributed by atoms with Gasteiger partial charge in [-0.25, -0.2) is 4.79 Å². The summed E-state index contributed by atoms with van der Waals surface area (Å²) in [6.45, 7) is 5.73. The van der Waals surface area contributed by atoms with Crippen molar-refractivity contribution >= 4 is 5.97 Å². The highest BCUT2D eigenvalue weighted by molar-refractivity contribution is 5.89. The van der Waals surface area contributed by atoms with Crippen molar-refractivity contribution in [2.75, 3.05) is 20.3 Å². The van der Waals surface area contributed by atoms with Crippen LogP contribution in [0, 0.1) is 0 Å². The van der Waals surface area contributed by atoms with Gasteiger partial charge in [-0.3, -0.25) is 0 Å². The Morgan fingerprint density at radius 2 is 1.94 bits per heavy atom. The Balaban J connectivity index is 2.41. The van der Waals surface area contributed by atoms with E-state index in [0.717, 1.165) is 5.56 Å². The second kappa shape index (κ2) is 7.84. The van der Waals surface area contributed by atoms with Crippen molar-refractivity contribution in [1.82, 2.24) is 0 Å². The molecule has 0 saturated carbocycles. The molecule has 0 radical (unpaired) electrons. The first-order valence-electron chi connectivity index (χ1n) is 6.04. The van der Waals surface area contributed by atoms with E-state index in [-0.39, 0.29) is 12.1 Å². The summed E-state index contributed by atoms with van der Waals surface area (Å²) in [6, 6.07) is 7.19. The molecule has 1 unspecified atom stereocenters. The third-order valence-corrected chi connectivity index (χ3v) is 2.47. The molecule has 0 bridgehead atoms. The van der Waals surface area contributed by atoms with Gasteiger partial charge in [0.25, 0.3) is 0 Å². The molecule has 0 N–H and O–H groups in total. The van der Waals surface area contributed by atoms with Crippen LogP contribution in [-0.4, -0.2) is 32.4 Å². The lowest BCUT2D eigenvalue weighted by Gasteiger charge is -2.12. The second-order valence-electron chi connectivity index (χ2n) is 3.97. The van der Waals surface area contributed by atoms with Crippen LogP contribution in [-0.2, 0) is 20.8 Å². The van der Waals surface area contributed by atoms with E-state index >= 15 is 0 Å². The Hall–Kier alpha value is -1.39. The summed E-state index contributed by atoms with van der Waals surface area (Å²) in [6.07, 6.45) is 0.0604. The number of rotatable bonds is 7. The second-order valence-corrected chi connectivity index (χ2v) is 3.97. The van der Waals surface area contributed by atoms with Crippen LogP contribution in [0.5, 0.6) is 0 Å². The van der Waals surface area contributed by atoms with Gasteiger partial charge in [-0.15, -0.1) is 0 Å². The van der Waals surface area contributed by atoms with Gasteiger partial charge in [0.05, 0.1) is 32.0 Å². The van der Waals surface area contributed by atoms with E-state index in [4.69, 9.17) is 9.47 Å². The van der Waals surface area contributed by atoms with Crippen molar-refractivity contribution in [2.45, 2.75) is 26.6 Å². The zero-order valence-electron chi connectivity index (χ0n) is 11.1. The zero-order chi connectivity index (χ0) is 13.4. The Morgan fingerprint density at radius 1 is 1.28 bits per heavy atom. The van der Waals surface area contributed by atoms with Crippen molar-refractivity contribution in [1.29, 1.82) is 0 Å². The van der Waals surface area contributed by atoms with E-state index in [9.17, 15) is 4.79 Å². The zero-order valence-corrected chi connectivity index (χ0v) is 11.1. The molecule has 1 rings (SSSR count). The molecule has 0 fully saturated rings. The summed E-state index contributed by atoms with van der Waals surface area (Å²) in [5.41, 5.74) is 1.56. The number of carbonyl (C=O) groups is 1. The van der Waals surface area contributed by atoms with Crippen molar-refractivity contribution in [3.8, 4) is 0 Å². The molecule has 1 aromatic carbocycles. The lowest BCUT2D eigenvalue weighted by atomic mass is 10.1. The van der Waals surface area contributed by atoms with E-state index in [1.807, 2.05) is 26.0 Å². The maximum absolute atomic E-state index is 11.2. The van der Waals surface area contributed by atoms with Crippen LogP contribution in [0.4, 0.5) is 0 Å². The number of benzene rings is 1. The first kappa shape index (κ1) is 14.7. The standard InChI is InChI=1S/C14H20O4/c1-4-17-9-11(2)18-10-12-5-7-13(8-6-12)14(15)16-3/h5-8,11H,4,9-10H2,1-3H3. The first-order valence-corrected chi connectivity index (χ1v) is 6.04. The summed E-state index contributed by atoms with van der Waals surface area (Å²) in [4.78, 5) is 11.2. The van der Waals surface area contributed by atoms with Crippen molar-refractivity contribution < 1.29 is 19.0 Å². The van der Waals surface area contributed by atoms with Crippen LogP contribution < -0.4 is 0 Å². The minimum Gasteiger partial charge on any atom is -0.465 e. The Bertz CT molecular complexity index is 359. The minimum absolute atomic E-state index is 0.0604. The van der Waals surface area contributed by atoms with Gasteiger partial charge in [-0.1, -0.05) is 12.1 Å². The molecule has 1 atom stereocenters. The first-order chi connectivity index (χ1) is 8.67. The number of esters is 1. The molecule has 0 heterocycles. The van der Waals surface area contributed by atoms with E-state index in [1.54, 1.807) is 12.1 Å². The molecular formula is C14H20O4. The molecule has 0 aliphatic rings. The van der Waals surface area contributed by atoms with E-state index < -0.39 is 0 Å². The molecule has 0 aliphatic heterocycles. The molecule has 0 saturated heterocycles. The molecule has 1 aromatic rings.